The normalized spacial score (nSPS) is 16.0. The predicted octanol–water partition coefficient (Wildman–Crippen LogP) is 0.951. The first-order valence-corrected chi connectivity index (χ1v) is 4.80. The topological polar surface area (TPSA) is 92.0 Å². The van der Waals surface area contributed by atoms with Crippen LogP contribution in [0.5, 0.6) is 0 Å². The van der Waals surface area contributed by atoms with Crippen LogP contribution in [0.15, 0.2) is 12.5 Å². The second-order valence-electron chi connectivity index (χ2n) is 4.71. The van der Waals surface area contributed by atoms with Gasteiger partial charge < -0.3 is 15.8 Å². The van der Waals surface area contributed by atoms with E-state index in [0.29, 0.717) is 0 Å². The number of hydrogen-bond donors (Lipinski definition) is 3. The third-order valence-corrected chi connectivity index (χ3v) is 2.43. The minimum Gasteiger partial charge on any atom is -0.480 e. The third-order valence-electron chi connectivity index (χ3n) is 2.43. The number of aliphatic carboxylic acids is 1. The van der Waals surface area contributed by atoms with Crippen LogP contribution in [0.1, 0.15) is 32.4 Å². The molecule has 0 aliphatic heterocycles. The molecule has 2 atom stereocenters. The number of hydrogen-bond acceptors (Lipinski definition) is 3. The Morgan fingerprint density at radius 1 is 1.60 bits per heavy atom. The highest BCUT2D eigenvalue weighted by Crippen LogP contribution is 2.35. The molecule has 1 heterocycles. The number of carboxylic acid groups (broad SMARTS) is 1. The second-order valence-corrected chi connectivity index (χ2v) is 4.71. The highest BCUT2D eigenvalue weighted by atomic mass is 16.4. The fraction of sp³-hybridized carbons (Fsp3) is 0.600. The molecule has 0 spiro atoms. The quantitative estimate of drug-likeness (QED) is 0.694. The molecule has 84 valence electrons. The highest BCUT2D eigenvalue weighted by Gasteiger charge is 2.36. The summed E-state index contributed by atoms with van der Waals surface area (Å²) in [5, 5.41) is 8.96. The van der Waals surface area contributed by atoms with Crippen molar-refractivity contribution in [2.24, 2.45) is 11.1 Å². The molecule has 0 bridgehead atoms. The maximum absolute atomic E-state index is 10.9. The molecule has 15 heavy (non-hydrogen) atoms. The van der Waals surface area contributed by atoms with Gasteiger partial charge in [0.15, 0.2) is 0 Å². The number of carboxylic acids is 1. The van der Waals surface area contributed by atoms with E-state index in [1.807, 2.05) is 20.8 Å². The lowest BCUT2D eigenvalue weighted by Gasteiger charge is -2.32. The summed E-state index contributed by atoms with van der Waals surface area (Å²) in [5.41, 5.74) is 6.22. The summed E-state index contributed by atoms with van der Waals surface area (Å²) >= 11 is 0. The molecule has 0 saturated heterocycles. The molecule has 0 amide bonds. The number of carbonyl (C=O) groups is 1. The molecule has 1 unspecified atom stereocenters. The van der Waals surface area contributed by atoms with E-state index in [1.165, 1.54) is 6.33 Å². The van der Waals surface area contributed by atoms with Crippen molar-refractivity contribution in [3.63, 3.8) is 0 Å². The van der Waals surface area contributed by atoms with E-state index in [2.05, 4.69) is 9.97 Å². The average Bonchev–Trinajstić information content (AvgIpc) is 2.54. The van der Waals surface area contributed by atoms with Crippen molar-refractivity contribution in [1.29, 1.82) is 0 Å². The highest BCUT2D eigenvalue weighted by molar-refractivity contribution is 5.74. The minimum absolute atomic E-state index is 0.232. The maximum Gasteiger partial charge on any atom is 0.321 e. The number of aromatic amines is 1. The molecule has 5 heteroatoms. The molecule has 1 aromatic heterocycles. The third kappa shape index (κ3) is 2.56. The molecule has 0 radical (unpaired) electrons. The SMILES string of the molecule is CC(C)(C)C(c1cnc[nH]1)[C@H](N)C(=O)O. The molecule has 4 N–H and O–H groups in total. The average molecular weight is 211 g/mol. The van der Waals surface area contributed by atoms with Crippen LogP contribution in [0.4, 0.5) is 0 Å². The molecule has 1 aromatic rings. The van der Waals surface area contributed by atoms with Crippen molar-refractivity contribution in [1.82, 2.24) is 9.97 Å². The molecule has 5 nitrogen and oxygen atoms in total. The summed E-state index contributed by atoms with van der Waals surface area (Å²) in [7, 11) is 0. The number of nitrogens with two attached hydrogens (primary N) is 1. The van der Waals surface area contributed by atoms with Crippen LogP contribution in [0.2, 0.25) is 0 Å². The maximum atomic E-state index is 10.9. The van der Waals surface area contributed by atoms with Gasteiger partial charge in [0.2, 0.25) is 0 Å². The fourth-order valence-corrected chi connectivity index (χ4v) is 1.78. The van der Waals surface area contributed by atoms with E-state index in [4.69, 9.17) is 10.8 Å². The molecule has 0 saturated carbocycles. The van der Waals surface area contributed by atoms with Gasteiger partial charge >= 0.3 is 5.97 Å². The van der Waals surface area contributed by atoms with Crippen molar-refractivity contribution in [3.05, 3.63) is 18.2 Å². The minimum atomic E-state index is -0.996. The zero-order chi connectivity index (χ0) is 11.6. The zero-order valence-corrected chi connectivity index (χ0v) is 9.19. The number of nitrogens with one attached hydrogen (secondary N) is 1. The fourth-order valence-electron chi connectivity index (χ4n) is 1.78. The van der Waals surface area contributed by atoms with E-state index < -0.39 is 12.0 Å². The van der Waals surface area contributed by atoms with Crippen LogP contribution < -0.4 is 5.73 Å². The van der Waals surface area contributed by atoms with Gasteiger partial charge in [0.1, 0.15) is 6.04 Å². The van der Waals surface area contributed by atoms with Crippen molar-refractivity contribution >= 4 is 5.97 Å². The molecule has 0 aliphatic carbocycles. The lowest BCUT2D eigenvalue weighted by molar-refractivity contribution is -0.139. The number of aromatic nitrogens is 2. The Hall–Kier alpha value is -1.36. The molecule has 0 aliphatic rings. The van der Waals surface area contributed by atoms with E-state index in [-0.39, 0.29) is 11.3 Å². The monoisotopic (exact) mass is 211 g/mol. The first kappa shape index (κ1) is 11.7. The van der Waals surface area contributed by atoms with Crippen LogP contribution in [-0.2, 0) is 4.79 Å². The van der Waals surface area contributed by atoms with Crippen molar-refractivity contribution in [3.8, 4) is 0 Å². The van der Waals surface area contributed by atoms with Crippen LogP contribution in [0, 0.1) is 5.41 Å². The van der Waals surface area contributed by atoms with Gasteiger partial charge in [0, 0.05) is 17.8 Å². The van der Waals surface area contributed by atoms with Crippen LogP contribution in [-0.4, -0.2) is 27.1 Å². The molecule has 1 rings (SSSR count). The van der Waals surface area contributed by atoms with Crippen LogP contribution >= 0.6 is 0 Å². The molecular weight excluding hydrogens is 194 g/mol. The van der Waals surface area contributed by atoms with E-state index in [0.717, 1.165) is 5.69 Å². The summed E-state index contributed by atoms with van der Waals surface area (Å²) in [6.45, 7) is 5.88. The van der Waals surface area contributed by atoms with Crippen molar-refractivity contribution < 1.29 is 9.90 Å². The van der Waals surface area contributed by atoms with Gasteiger partial charge in [-0.1, -0.05) is 20.8 Å². The largest absolute Gasteiger partial charge is 0.480 e. The Balaban J connectivity index is 3.05. The molecular formula is C10H17N3O2. The molecule has 0 fully saturated rings. The summed E-state index contributed by atoms with van der Waals surface area (Å²) in [4.78, 5) is 17.7. The van der Waals surface area contributed by atoms with Gasteiger partial charge in [0.25, 0.3) is 0 Å². The number of imidazole rings is 1. The summed E-state index contributed by atoms with van der Waals surface area (Å²) in [5.74, 6) is -1.28. The molecule has 0 aromatic carbocycles. The van der Waals surface area contributed by atoms with E-state index in [9.17, 15) is 4.79 Å². The van der Waals surface area contributed by atoms with Gasteiger partial charge in [-0.25, -0.2) is 4.98 Å². The second kappa shape index (κ2) is 4.02. The standard InChI is InChI=1S/C10H17N3O2/c1-10(2,3)7(8(11)9(14)15)6-4-12-5-13-6/h4-5,7-8H,11H2,1-3H3,(H,12,13)(H,14,15)/t7?,8-/m0/s1. The van der Waals surface area contributed by atoms with Crippen molar-refractivity contribution in [2.45, 2.75) is 32.7 Å². The summed E-state index contributed by atoms with van der Waals surface area (Å²) in [6, 6.07) is -0.926. The predicted molar refractivity (Wildman–Crippen MR) is 56.4 cm³/mol. The van der Waals surface area contributed by atoms with Crippen LogP contribution in [0.25, 0.3) is 0 Å². The number of nitrogens with zero attached hydrogens (tertiary/aromatic N) is 1. The van der Waals surface area contributed by atoms with Gasteiger partial charge in [-0.3, -0.25) is 4.79 Å². The van der Waals surface area contributed by atoms with Crippen molar-refractivity contribution in [2.75, 3.05) is 0 Å². The lowest BCUT2D eigenvalue weighted by atomic mass is 9.75. The van der Waals surface area contributed by atoms with Gasteiger partial charge in [-0.15, -0.1) is 0 Å². The zero-order valence-electron chi connectivity index (χ0n) is 9.19. The Bertz CT molecular complexity index is 327. The first-order chi connectivity index (χ1) is 6.84. The number of H-pyrrole nitrogens is 1. The van der Waals surface area contributed by atoms with Gasteiger partial charge in [0.05, 0.1) is 6.33 Å². The summed E-state index contributed by atoms with van der Waals surface area (Å²) < 4.78 is 0. The Morgan fingerprint density at radius 3 is 2.53 bits per heavy atom. The van der Waals surface area contributed by atoms with Crippen LogP contribution in [0.3, 0.4) is 0 Å². The Labute approximate surface area is 88.7 Å². The Morgan fingerprint density at radius 2 is 2.20 bits per heavy atom. The number of rotatable bonds is 3. The van der Waals surface area contributed by atoms with Gasteiger partial charge in [-0.05, 0) is 5.41 Å². The van der Waals surface area contributed by atoms with E-state index in [1.54, 1.807) is 6.20 Å². The lowest BCUT2D eigenvalue weighted by Crippen LogP contribution is -2.42. The first-order valence-electron chi connectivity index (χ1n) is 4.80. The Kier molecular flexibility index (Phi) is 3.14. The summed E-state index contributed by atoms with van der Waals surface area (Å²) in [6.07, 6.45) is 3.15. The van der Waals surface area contributed by atoms with Gasteiger partial charge in [-0.2, -0.15) is 0 Å². The smallest absolute Gasteiger partial charge is 0.321 e. The van der Waals surface area contributed by atoms with E-state index >= 15 is 0 Å².